The fourth-order valence-electron chi connectivity index (χ4n) is 3.69. The molecule has 9 heteroatoms. The van der Waals surface area contributed by atoms with E-state index in [-0.39, 0.29) is 5.02 Å². The number of anilines is 2. The minimum atomic E-state index is -0.512. The molecule has 0 fully saturated rings. The van der Waals surface area contributed by atoms with Crippen LogP contribution in [0.3, 0.4) is 0 Å². The third-order valence-electron chi connectivity index (χ3n) is 5.37. The molecule has 0 aliphatic rings. The minimum absolute atomic E-state index is 0.00786. The number of hydrogen-bond donors (Lipinski definition) is 2. The quantitative estimate of drug-likeness (QED) is 0.296. The van der Waals surface area contributed by atoms with Gasteiger partial charge in [0, 0.05) is 17.1 Å². The van der Waals surface area contributed by atoms with Gasteiger partial charge < -0.3 is 11.1 Å². The van der Waals surface area contributed by atoms with E-state index in [9.17, 15) is 4.39 Å². The molecule has 34 heavy (non-hydrogen) atoms. The highest BCUT2D eigenvalue weighted by Gasteiger charge is 2.20. The fraction of sp³-hybridized carbons (Fsp3) is 0.0800. The fourth-order valence-corrected chi connectivity index (χ4v) is 3.99. The van der Waals surface area contributed by atoms with Crippen molar-refractivity contribution in [2.45, 2.75) is 6.42 Å². The average Bonchev–Trinajstić information content (AvgIpc) is 3.18. The summed E-state index contributed by atoms with van der Waals surface area (Å²) < 4.78 is 15.4. The molecule has 0 saturated heterocycles. The zero-order valence-corrected chi connectivity index (χ0v) is 19.4. The summed E-state index contributed by atoms with van der Waals surface area (Å²) in [6, 6.07) is 21.7. The summed E-state index contributed by atoms with van der Waals surface area (Å²) in [4.78, 5) is 9.29. The SMILES string of the molecule is Nc1c2c(-c3ccc(F)c(Cl)c3)nc(NCCc3ccccc3)nc2nn1-c1ccc(Cl)cc1. The van der Waals surface area contributed by atoms with Crippen LogP contribution in [0, 0.1) is 5.82 Å². The second kappa shape index (κ2) is 9.29. The van der Waals surface area contributed by atoms with Crippen molar-refractivity contribution in [3.63, 3.8) is 0 Å². The maximum absolute atomic E-state index is 13.8. The van der Waals surface area contributed by atoms with Crippen LogP contribution >= 0.6 is 23.2 Å². The Balaban J connectivity index is 1.59. The van der Waals surface area contributed by atoms with Crippen molar-refractivity contribution in [2.75, 3.05) is 17.6 Å². The number of nitrogens with zero attached hydrogens (tertiary/aromatic N) is 4. The normalized spacial score (nSPS) is 11.1. The summed E-state index contributed by atoms with van der Waals surface area (Å²) in [5.41, 5.74) is 9.93. The van der Waals surface area contributed by atoms with Gasteiger partial charge in [0.05, 0.1) is 21.8 Å². The van der Waals surface area contributed by atoms with Crippen LogP contribution in [-0.2, 0) is 6.42 Å². The molecule has 170 valence electrons. The first-order chi connectivity index (χ1) is 16.5. The Kier molecular flexibility index (Phi) is 6.04. The van der Waals surface area contributed by atoms with Crippen LogP contribution in [0.25, 0.3) is 28.0 Å². The first-order valence-corrected chi connectivity index (χ1v) is 11.3. The topological polar surface area (TPSA) is 81.7 Å². The van der Waals surface area contributed by atoms with Crippen LogP contribution in [0.5, 0.6) is 0 Å². The third-order valence-corrected chi connectivity index (χ3v) is 5.91. The molecular formula is C25H19Cl2FN6. The molecular weight excluding hydrogens is 474 g/mol. The van der Waals surface area contributed by atoms with Gasteiger partial charge in [-0.05, 0) is 54.4 Å². The van der Waals surface area contributed by atoms with Crippen LogP contribution < -0.4 is 11.1 Å². The van der Waals surface area contributed by atoms with Gasteiger partial charge in [-0.1, -0.05) is 53.5 Å². The molecule has 0 aliphatic carbocycles. The summed E-state index contributed by atoms with van der Waals surface area (Å²) in [6.45, 7) is 0.618. The van der Waals surface area contributed by atoms with Crippen molar-refractivity contribution < 1.29 is 4.39 Å². The monoisotopic (exact) mass is 492 g/mol. The molecule has 0 saturated carbocycles. The minimum Gasteiger partial charge on any atom is -0.383 e. The smallest absolute Gasteiger partial charge is 0.225 e. The predicted molar refractivity (Wildman–Crippen MR) is 135 cm³/mol. The molecule has 3 aromatic carbocycles. The maximum atomic E-state index is 13.8. The lowest BCUT2D eigenvalue weighted by Crippen LogP contribution is -2.08. The van der Waals surface area contributed by atoms with Crippen molar-refractivity contribution in [1.29, 1.82) is 0 Å². The summed E-state index contributed by atoms with van der Waals surface area (Å²) in [7, 11) is 0. The Labute approximate surface area is 205 Å². The number of nitrogens with one attached hydrogen (secondary N) is 1. The van der Waals surface area contributed by atoms with Crippen molar-refractivity contribution in [1.82, 2.24) is 19.7 Å². The lowest BCUT2D eigenvalue weighted by atomic mass is 10.1. The summed E-state index contributed by atoms with van der Waals surface area (Å²) in [5, 5.41) is 9.02. The summed E-state index contributed by atoms with van der Waals surface area (Å²) >= 11 is 12.1. The molecule has 2 aromatic heterocycles. The van der Waals surface area contributed by atoms with E-state index in [1.807, 2.05) is 30.3 Å². The van der Waals surface area contributed by atoms with E-state index in [1.165, 1.54) is 17.7 Å². The van der Waals surface area contributed by atoms with E-state index in [4.69, 9.17) is 33.9 Å². The average molecular weight is 493 g/mol. The van der Waals surface area contributed by atoms with Gasteiger partial charge in [-0.2, -0.15) is 4.98 Å². The van der Waals surface area contributed by atoms with Gasteiger partial charge in [0.2, 0.25) is 5.95 Å². The van der Waals surface area contributed by atoms with Gasteiger partial charge in [-0.3, -0.25) is 0 Å². The molecule has 0 amide bonds. The molecule has 0 unspecified atom stereocenters. The number of aromatic nitrogens is 4. The van der Waals surface area contributed by atoms with Crippen molar-refractivity contribution in [3.05, 3.63) is 94.2 Å². The van der Waals surface area contributed by atoms with Gasteiger partial charge in [-0.25, -0.2) is 14.1 Å². The Hall–Kier alpha value is -3.68. The van der Waals surface area contributed by atoms with Crippen LogP contribution in [0.1, 0.15) is 5.56 Å². The first kappa shape index (κ1) is 22.1. The zero-order chi connectivity index (χ0) is 23.7. The van der Waals surface area contributed by atoms with Crippen molar-refractivity contribution >= 4 is 46.0 Å². The second-order valence-corrected chi connectivity index (χ2v) is 8.50. The Morgan fingerprint density at radius 3 is 2.44 bits per heavy atom. The van der Waals surface area contributed by atoms with E-state index in [2.05, 4.69) is 27.5 Å². The summed E-state index contributed by atoms with van der Waals surface area (Å²) in [5.74, 6) is 0.227. The Bertz CT molecular complexity index is 1470. The largest absolute Gasteiger partial charge is 0.383 e. The van der Waals surface area contributed by atoms with E-state index < -0.39 is 5.82 Å². The highest BCUT2D eigenvalue weighted by Crippen LogP contribution is 2.34. The molecule has 5 rings (SSSR count). The molecule has 2 heterocycles. The third kappa shape index (κ3) is 4.40. The van der Waals surface area contributed by atoms with Gasteiger partial charge >= 0.3 is 0 Å². The molecule has 5 aromatic rings. The van der Waals surface area contributed by atoms with E-state index in [1.54, 1.807) is 22.9 Å². The molecule has 3 N–H and O–H groups in total. The lowest BCUT2D eigenvalue weighted by Gasteiger charge is -2.09. The van der Waals surface area contributed by atoms with Crippen LogP contribution in [-0.4, -0.2) is 26.3 Å². The number of rotatable bonds is 6. The van der Waals surface area contributed by atoms with E-state index in [0.29, 0.717) is 45.6 Å². The number of nitrogen functional groups attached to an aromatic ring is 1. The lowest BCUT2D eigenvalue weighted by molar-refractivity contribution is 0.628. The molecule has 0 bridgehead atoms. The summed E-state index contributed by atoms with van der Waals surface area (Å²) in [6.07, 6.45) is 0.793. The van der Waals surface area contributed by atoms with Crippen molar-refractivity contribution in [2.24, 2.45) is 0 Å². The van der Waals surface area contributed by atoms with Gasteiger partial charge in [0.1, 0.15) is 11.6 Å². The number of halogens is 3. The Morgan fingerprint density at radius 2 is 1.71 bits per heavy atom. The number of hydrogen-bond acceptors (Lipinski definition) is 5. The predicted octanol–water partition coefficient (Wildman–Crippen LogP) is 6.17. The van der Waals surface area contributed by atoms with Crippen LogP contribution in [0.2, 0.25) is 10.0 Å². The number of nitrogens with two attached hydrogens (primary N) is 1. The molecule has 0 radical (unpaired) electrons. The number of benzene rings is 3. The van der Waals surface area contributed by atoms with Crippen LogP contribution in [0.15, 0.2) is 72.8 Å². The zero-order valence-electron chi connectivity index (χ0n) is 17.8. The molecule has 0 atom stereocenters. The van der Waals surface area contributed by atoms with E-state index >= 15 is 0 Å². The standard InChI is InChI=1S/C25H19Cl2FN6/c26-17-7-9-18(10-8-17)34-23(29)21-22(16-6-11-20(28)19(27)14-16)31-25(32-24(21)33-34)30-13-12-15-4-2-1-3-5-15/h1-11,14H,12-13,29H2,(H,30,32,33). The highest BCUT2D eigenvalue weighted by molar-refractivity contribution is 6.31. The molecule has 6 nitrogen and oxygen atoms in total. The van der Waals surface area contributed by atoms with Gasteiger partial charge in [0.15, 0.2) is 5.65 Å². The van der Waals surface area contributed by atoms with Crippen molar-refractivity contribution in [3.8, 4) is 16.9 Å². The first-order valence-electron chi connectivity index (χ1n) is 10.5. The maximum Gasteiger partial charge on any atom is 0.225 e. The van der Waals surface area contributed by atoms with Gasteiger partial charge in [-0.15, -0.1) is 5.10 Å². The molecule has 0 aliphatic heterocycles. The molecule has 0 spiro atoms. The van der Waals surface area contributed by atoms with Crippen LogP contribution in [0.4, 0.5) is 16.2 Å². The second-order valence-electron chi connectivity index (χ2n) is 7.66. The number of fused-ring (bicyclic) bond motifs is 1. The van der Waals surface area contributed by atoms with E-state index in [0.717, 1.165) is 12.1 Å². The Morgan fingerprint density at radius 1 is 0.941 bits per heavy atom. The highest BCUT2D eigenvalue weighted by atomic mass is 35.5. The van der Waals surface area contributed by atoms with Gasteiger partial charge in [0.25, 0.3) is 0 Å².